The van der Waals surface area contributed by atoms with Crippen molar-refractivity contribution in [3.63, 3.8) is 0 Å². The smallest absolute Gasteiger partial charge is 0.426 e. The summed E-state index contributed by atoms with van der Waals surface area (Å²) in [5, 5.41) is 29.3. The molecule has 0 fully saturated rings. The summed E-state index contributed by atoms with van der Waals surface area (Å²) in [4.78, 5) is 33.9. The molecule has 14 rings (SSSR count). The number of fused-ring (bicyclic) bond motifs is 12. The fraction of sp³-hybridized carbons (Fsp3) is 0.203. The molecule has 0 saturated heterocycles. The Kier molecular flexibility index (Phi) is 23.2. The highest BCUT2D eigenvalue weighted by Crippen LogP contribution is 2.61. The lowest BCUT2D eigenvalue weighted by atomic mass is 9.89. The van der Waals surface area contributed by atoms with Gasteiger partial charge in [-0.1, -0.05) is 222 Å². The van der Waals surface area contributed by atoms with Crippen LogP contribution in [0.5, 0.6) is 0 Å². The maximum Gasteiger partial charge on any atom is 0.426 e. The van der Waals surface area contributed by atoms with Crippen molar-refractivity contribution in [1.82, 2.24) is 0 Å². The van der Waals surface area contributed by atoms with Gasteiger partial charge in [0.25, 0.3) is 0 Å². The van der Waals surface area contributed by atoms with E-state index in [0.717, 1.165) is 27.8 Å². The Morgan fingerprint density at radius 1 is 0.392 bits per heavy atom. The van der Waals surface area contributed by atoms with Gasteiger partial charge in [0, 0.05) is 98.9 Å². The van der Waals surface area contributed by atoms with Crippen LogP contribution in [0.25, 0.3) is 44.5 Å². The zero-order chi connectivity index (χ0) is 74.8. The first kappa shape index (κ1) is 77.3. The van der Waals surface area contributed by atoms with Gasteiger partial charge in [-0.2, -0.15) is 39.5 Å². The zero-order valence-electron chi connectivity index (χ0n) is 55.1. The summed E-state index contributed by atoms with van der Waals surface area (Å²) >= 11 is 24.7. The van der Waals surface area contributed by atoms with E-state index < -0.39 is 60.5 Å². The van der Waals surface area contributed by atoms with Crippen molar-refractivity contribution >= 4 is 64.1 Å². The number of ketones is 1. The second-order valence-corrected chi connectivity index (χ2v) is 26.1. The summed E-state index contributed by atoms with van der Waals surface area (Å²) in [5.41, 5.74) is 11.4. The predicted molar refractivity (Wildman–Crippen MR) is 378 cm³/mol. The molecule has 0 saturated carbocycles. The van der Waals surface area contributed by atoms with Crippen LogP contribution in [-0.2, 0) is 35.9 Å². The van der Waals surface area contributed by atoms with Gasteiger partial charge in [-0.3, -0.25) is 4.79 Å². The summed E-state index contributed by atoms with van der Waals surface area (Å²) < 4.78 is 135. The van der Waals surface area contributed by atoms with E-state index in [1.54, 1.807) is 63.2 Å². The SMILES string of the molecule is C[C@@H](N)c1ccccc1.C[C@@H](N)c1ccccc1.Cc1cc(Cl)c2c(c1)C(=O)c1ccccc1-2.Cc1cc(Cl)c2c(c1)C(O)(C(F)(F)F)c1ccccc1-2.Cc1cc(Cl)c2c(c1)C(OCC(=O)O)(C(F)(F)F)c1ccccc1-2.Cc1cc(Cl)c2c(c1)[C@@](OCC(=O)O)(C(F)(F)F)c1ccccc1-2. The number of aliphatic hydroxyl groups is 1. The maximum absolute atomic E-state index is 14.1. The van der Waals surface area contributed by atoms with Crippen molar-refractivity contribution < 1.29 is 78.7 Å². The Labute approximate surface area is 601 Å². The Bertz CT molecular complexity index is 4620. The molecule has 102 heavy (non-hydrogen) atoms. The number of nitrogens with two attached hydrogens (primary N) is 2. The van der Waals surface area contributed by atoms with E-state index in [0.29, 0.717) is 38.4 Å². The Morgan fingerprint density at radius 3 is 1.03 bits per heavy atom. The number of aliphatic carboxylic acids is 2. The van der Waals surface area contributed by atoms with Crippen molar-refractivity contribution in [3.8, 4) is 44.5 Å². The van der Waals surface area contributed by atoms with Crippen molar-refractivity contribution in [2.24, 2.45) is 11.5 Å². The van der Waals surface area contributed by atoms with Gasteiger partial charge < -0.3 is 36.3 Å². The molecule has 530 valence electrons. The van der Waals surface area contributed by atoms with Gasteiger partial charge in [0.1, 0.15) is 13.2 Å². The van der Waals surface area contributed by atoms with Crippen LogP contribution in [0.4, 0.5) is 39.5 Å². The van der Waals surface area contributed by atoms with E-state index in [1.807, 2.05) is 118 Å². The lowest BCUT2D eigenvalue weighted by molar-refractivity contribution is -0.265. The number of alkyl halides is 9. The molecule has 10 nitrogen and oxygen atoms in total. The molecule has 10 aromatic rings. The third-order valence-electron chi connectivity index (χ3n) is 17.2. The summed E-state index contributed by atoms with van der Waals surface area (Å²) in [7, 11) is 0. The van der Waals surface area contributed by atoms with Crippen LogP contribution in [0, 0.1) is 27.7 Å². The van der Waals surface area contributed by atoms with Crippen LogP contribution in [0.3, 0.4) is 0 Å². The summed E-state index contributed by atoms with van der Waals surface area (Å²) in [6.45, 7) is 8.62. The molecule has 4 aliphatic carbocycles. The number of rotatable bonds is 8. The predicted octanol–water partition coefficient (Wildman–Crippen LogP) is 20.8. The van der Waals surface area contributed by atoms with E-state index >= 15 is 0 Å². The minimum Gasteiger partial charge on any atom is -0.480 e. The van der Waals surface area contributed by atoms with Crippen LogP contribution in [0.2, 0.25) is 20.1 Å². The van der Waals surface area contributed by atoms with Gasteiger partial charge >= 0.3 is 30.5 Å². The van der Waals surface area contributed by atoms with Crippen LogP contribution in [0.1, 0.15) is 109 Å². The quantitative estimate of drug-likeness (QED) is 0.0918. The fourth-order valence-corrected chi connectivity index (χ4v) is 14.3. The lowest BCUT2D eigenvalue weighted by Crippen LogP contribution is -2.45. The lowest BCUT2D eigenvalue weighted by Gasteiger charge is -2.33. The molecule has 0 aliphatic heterocycles. The Balaban J connectivity index is 0.000000147. The van der Waals surface area contributed by atoms with Crippen molar-refractivity contribution in [2.75, 3.05) is 13.2 Å². The van der Waals surface area contributed by atoms with E-state index in [1.165, 1.54) is 77.9 Å². The molecule has 0 heterocycles. The molecule has 5 atom stereocenters. The monoisotopic (exact) mass is 1480 g/mol. The standard InChI is InChI=1S/2C17H12ClF3O3.C15H10ClF3O.C14H9ClO.2C8H11N/c2*1-9-6-12-15(13(18)7-9)10-4-2-3-5-11(10)16(12,17(19,20)21)24-8-14(22)23;1-8-6-11-13(12(16)7-8)9-4-2-3-5-10(9)14(11,20)15(17,18)19;1-8-6-11-13(12(15)7-8)9-4-2-3-5-10(9)14(11)16;2*1-7(9)8-5-3-2-4-6-8/h2*2-7H,8H2,1H3,(H,22,23);2-7,20H,1H3;2-7H,1H3;2*2-7H,9H2,1H3/t16-;;;;2*7-/m1...11/s1. The number of carboxylic acids is 2. The molecule has 0 aromatic heterocycles. The Hall–Kier alpha value is -8.86. The molecule has 2 unspecified atom stereocenters. The molecule has 23 heteroatoms. The summed E-state index contributed by atoms with van der Waals surface area (Å²) in [6, 6.07) is 58.3. The van der Waals surface area contributed by atoms with E-state index in [-0.39, 0.29) is 83.0 Å². The first-order valence-corrected chi connectivity index (χ1v) is 32.8. The van der Waals surface area contributed by atoms with Gasteiger partial charge in [-0.15, -0.1) is 0 Å². The highest BCUT2D eigenvalue weighted by molar-refractivity contribution is 6.37. The van der Waals surface area contributed by atoms with Gasteiger partial charge in [-0.05, 0) is 128 Å². The van der Waals surface area contributed by atoms with E-state index in [2.05, 4.69) is 0 Å². The number of carboxylic acid groups (broad SMARTS) is 2. The fourth-order valence-electron chi connectivity index (χ4n) is 12.8. The van der Waals surface area contributed by atoms with Crippen molar-refractivity contribution in [1.29, 1.82) is 0 Å². The number of carbonyl (C=O) groups is 3. The van der Waals surface area contributed by atoms with Gasteiger partial charge in [0.15, 0.2) is 5.78 Å². The highest BCUT2D eigenvalue weighted by Gasteiger charge is 2.65. The molecule has 10 aromatic carbocycles. The van der Waals surface area contributed by atoms with Crippen LogP contribution < -0.4 is 11.5 Å². The average Bonchev–Trinajstić information content (AvgIpc) is 1.55. The number of hydrogen-bond acceptors (Lipinski definition) is 8. The summed E-state index contributed by atoms with van der Waals surface area (Å²) in [5.74, 6) is -2.89. The topological polar surface area (TPSA) is 182 Å². The number of ether oxygens (including phenoxy) is 2. The first-order chi connectivity index (χ1) is 47.9. The van der Waals surface area contributed by atoms with E-state index in [4.69, 9.17) is 77.6 Å². The normalized spacial score (nSPS) is 17.3. The molecule has 7 N–H and O–H groups in total. The highest BCUT2D eigenvalue weighted by atomic mass is 35.5. The number of aryl methyl sites for hydroxylation is 4. The molecular formula is C79H65Cl4F9N2O8. The second-order valence-electron chi connectivity index (χ2n) is 24.5. The number of benzene rings is 10. The first-order valence-electron chi connectivity index (χ1n) is 31.3. The minimum absolute atomic E-state index is 0.0798. The third-order valence-corrected chi connectivity index (χ3v) is 18.4. The van der Waals surface area contributed by atoms with Crippen LogP contribution in [-0.4, -0.2) is 64.8 Å². The molecule has 4 aliphatic rings. The zero-order valence-corrected chi connectivity index (χ0v) is 58.2. The molecule has 0 amide bonds. The minimum atomic E-state index is -4.86. The van der Waals surface area contributed by atoms with Crippen LogP contribution >= 0.6 is 46.4 Å². The summed E-state index contributed by atoms with van der Waals surface area (Å²) in [6.07, 6.45) is -14.5. The van der Waals surface area contributed by atoms with Gasteiger partial charge in [0.2, 0.25) is 16.8 Å². The number of carbonyl (C=O) groups excluding carboxylic acids is 1. The van der Waals surface area contributed by atoms with Crippen molar-refractivity contribution in [2.45, 2.75) is 89.0 Å². The molecular weight excluding hydrogens is 1420 g/mol. The Morgan fingerprint density at radius 2 is 0.686 bits per heavy atom. The molecule has 0 bridgehead atoms. The van der Waals surface area contributed by atoms with Crippen LogP contribution in [0.15, 0.2) is 206 Å². The second kappa shape index (κ2) is 30.6. The van der Waals surface area contributed by atoms with E-state index in [9.17, 15) is 59.0 Å². The molecule has 0 spiro atoms. The third kappa shape index (κ3) is 15.0. The maximum atomic E-state index is 14.1. The number of hydrogen-bond donors (Lipinski definition) is 5. The van der Waals surface area contributed by atoms with Crippen molar-refractivity contribution in [3.05, 3.63) is 304 Å². The average molecular weight is 1480 g/mol. The largest absolute Gasteiger partial charge is 0.480 e. The molecule has 0 radical (unpaired) electrons. The number of halogens is 13. The van der Waals surface area contributed by atoms with Gasteiger partial charge in [0.05, 0.1) is 0 Å². The van der Waals surface area contributed by atoms with Gasteiger partial charge in [-0.25, -0.2) is 9.59 Å².